The number of para-hydroxylation sites is 1. The van der Waals surface area contributed by atoms with Crippen molar-refractivity contribution in [3.8, 4) is 5.75 Å². The molecule has 5 atom stereocenters. The van der Waals surface area contributed by atoms with Crippen molar-refractivity contribution in [2.75, 3.05) is 30.7 Å². The number of nitrogens with zero attached hydrogens (tertiary/aromatic N) is 5. The van der Waals surface area contributed by atoms with Crippen LogP contribution in [0.25, 0.3) is 11.2 Å². The summed E-state index contributed by atoms with van der Waals surface area (Å²) in [4.78, 5) is 29.9. The Morgan fingerprint density at radius 2 is 1.90 bits per heavy atom. The zero-order valence-corrected chi connectivity index (χ0v) is 30.6. The second-order valence-electron chi connectivity index (χ2n) is 12.6. The summed E-state index contributed by atoms with van der Waals surface area (Å²) in [6.07, 6.45) is 6.84. The number of nitrogen functional groups attached to an aromatic ring is 1. The van der Waals surface area contributed by atoms with Crippen LogP contribution in [0.2, 0.25) is 5.02 Å². The first-order valence-electron chi connectivity index (χ1n) is 16.4. The van der Waals surface area contributed by atoms with Gasteiger partial charge in [0.2, 0.25) is 5.95 Å². The number of hydrogen-bond acceptors (Lipinski definition) is 12. The van der Waals surface area contributed by atoms with Crippen LogP contribution < -0.4 is 25.2 Å². The second-order valence-corrected chi connectivity index (χ2v) is 15.3. The highest BCUT2D eigenvalue weighted by molar-refractivity contribution is 7.82. The molecule has 4 N–H and O–H groups in total. The van der Waals surface area contributed by atoms with E-state index in [-0.39, 0.29) is 37.2 Å². The first-order valence-corrected chi connectivity index (χ1v) is 19.5. The Bertz CT molecular complexity index is 1800. The Morgan fingerprint density at radius 1 is 1.16 bits per heavy atom. The van der Waals surface area contributed by atoms with Gasteiger partial charge in [0.15, 0.2) is 17.0 Å². The number of carbonyl (C=O) groups is 1. The first-order chi connectivity index (χ1) is 24.1. The molecule has 0 bridgehead atoms. The highest BCUT2D eigenvalue weighted by Gasteiger charge is 2.46. The van der Waals surface area contributed by atoms with Crippen molar-refractivity contribution in [1.82, 2.24) is 29.4 Å². The third-order valence-corrected chi connectivity index (χ3v) is 11.0. The third kappa shape index (κ3) is 8.71. The Morgan fingerprint density at radius 3 is 2.64 bits per heavy atom. The van der Waals surface area contributed by atoms with E-state index in [1.165, 1.54) is 11.3 Å². The lowest BCUT2D eigenvalue weighted by atomic mass is 9.96. The number of ether oxygens (including phenoxy) is 2. The lowest BCUT2D eigenvalue weighted by Gasteiger charge is -2.36. The Labute approximate surface area is 299 Å². The number of hydrazine groups is 1. The standard InChI is InChI=1S/C33H42ClN8O6PS/c1-22-17-25(47-27(18-22)42-21-36-28-29(41(2)40-50(3)44)37-32(35)38-30(28)42)20-46-49(48-24-12-5-4-6-13-24)39-33(15-9-10-16-33)31(43)45-19-23-11-7-8-14-26(23)34/h4-8,11-14,21-22,25,27,39-40H,9-10,15-20H2,1-3H3,(H2,35,37,38). The van der Waals surface area contributed by atoms with Gasteiger partial charge in [0.05, 0.1) is 19.0 Å². The molecular formula is C33H42ClN8O6PS. The molecule has 1 aliphatic carbocycles. The fraction of sp³-hybridized carbons (Fsp3) is 0.455. The summed E-state index contributed by atoms with van der Waals surface area (Å²) in [5, 5.41) is 5.52. The molecule has 5 unspecified atom stereocenters. The molecule has 4 aromatic rings. The van der Waals surface area contributed by atoms with E-state index >= 15 is 0 Å². The molecule has 6 rings (SSSR count). The van der Waals surface area contributed by atoms with Crippen LogP contribution in [0, 0.1) is 5.92 Å². The molecule has 2 aromatic carbocycles. The Kier molecular flexibility index (Phi) is 11.8. The number of rotatable bonds is 14. The normalized spacial score (nSPS) is 21.5. The van der Waals surface area contributed by atoms with Gasteiger partial charge in [-0.2, -0.15) is 9.97 Å². The number of fused-ring (bicyclic) bond motifs is 1. The lowest BCUT2D eigenvalue weighted by Crippen LogP contribution is -2.49. The molecule has 0 amide bonds. The molecule has 3 heterocycles. The van der Waals surface area contributed by atoms with Crippen LogP contribution in [0.15, 0.2) is 60.9 Å². The van der Waals surface area contributed by atoms with Gasteiger partial charge >= 0.3 is 14.5 Å². The number of esters is 1. The van der Waals surface area contributed by atoms with Gasteiger partial charge in [-0.3, -0.25) is 14.4 Å². The highest BCUT2D eigenvalue weighted by atomic mass is 35.5. The van der Waals surface area contributed by atoms with Crippen LogP contribution in [-0.4, -0.2) is 61.3 Å². The molecule has 0 spiro atoms. The predicted molar refractivity (Wildman–Crippen MR) is 193 cm³/mol. The molecule has 14 nitrogen and oxygen atoms in total. The molecule has 1 saturated carbocycles. The maximum Gasteiger partial charge on any atom is 0.327 e. The second kappa shape index (κ2) is 16.3. The van der Waals surface area contributed by atoms with Crippen molar-refractivity contribution in [3.63, 3.8) is 0 Å². The summed E-state index contributed by atoms with van der Waals surface area (Å²) >= 11 is 6.33. The van der Waals surface area contributed by atoms with Crippen molar-refractivity contribution in [3.05, 3.63) is 71.5 Å². The number of halogens is 1. The molecule has 2 aliphatic rings. The van der Waals surface area contributed by atoms with E-state index in [0.717, 1.165) is 24.8 Å². The molecular weight excluding hydrogens is 703 g/mol. The van der Waals surface area contributed by atoms with E-state index in [2.05, 4.69) is 31.8 Å². The van der Waals surface area contributed by atoms with Gasteiger partial charge in [-0.25, -0.2) is 14.3 Å². The zero-order valence-electron chi connectivity index (χ0n) is 28.2. The van der Waals surface area contributed by atoms with Crippen LogP contribution in [0.1, 0.15) is 57.2 Å². The van der Waals surface area contributed by atoms with E-state index in [1.807, 2.05) is 53.1 Å². The Hall–Kier alpha value is -3.43. The zero-order chi connectivity index (χ0) is 35.3. The van der Waals surface area contributed by atoms with E-state index in [9.17, 15) is 9.00 Å². The van der Waals surface area contributed by atoms with Gasteiger partial charge in [0.1, 0.15) is 35.1 Å². The minimum absolute atomic E-state index is 0.0505. The fourth-order valence-electron chi connectivity index (χ4n) is 6.33. The monoisotopic (exact) mass is 744 g/mol. The van der Waals surface area contributed by atoms with Gasteiger partial charge < -0.3 is 24.3 Å². The molecule has 2 fully saturated rings. The predicted octanol–water partition coefficient (Wildman–Crippen LogP) is 5.58. The van der Waals surface area contributed by atoms with E-state index < -0.39 is 31.3 Å². The van der Waals surface area contributed by atoms with Crippen molar-refractivity contribution in [2.45, 2.75) is 69.9 Å². The fourth-order valence-corrected chi connectivity index (χ4v) is 8.43. The van der Waals surface area contributed by atoms with Crippen molar-refractivity contribution < 1.29 is 27.5 Å². The largest absolute Gasteiger partial charge is 0.459 e. The maximum absolute atomic E-state index is 13.7. The molecule has 17 heteroatoms. The van der Waals surface area contributed by atoms with Crippen LogP contribution >= 0.6 is 20.1 Å². The SMILES string of the molecule is CC1CC(COP(NC2(C(=O)OCc3ccccc3Cl)CCCC2)Oc2ccccc2)OC(n2cnc3c(N(C)NS(C)=O)nc(N)nc32)C1. The van der Waals surface area contributed by atoms with E-state index in [4.69, 9.17) is 35.9 Å². The quantitative estimate of drug-likeness (QED) is 0.0835. The Balaban J connectivity index is 1.18. The van der Waals surface area contributed by atoms with E-state index in [1.54, 1.807) is 19.4 Å². The smallest absolute Gasteiger partial charge is 0.327 e. The average molecular weight is 745 g/mol. The highest BCUT2D eigenvalue weighted by Crippen LogP contribution is 2.44. The number of anilines is 2. The summed E-state index contributed by atoms with van der Waals surface area (Å²) in [7, 11) is -1.45. The van der Waals surface area contributed by atoms with Gasteiger partial charge in [-0.15, -0.1) is 4.83 Å². The number of aromatic nitrogens is 4. The number of imidazole rings is 1. The molecule has 0 radical (unpaired) electrons. The van der Waals surface area contributed by atoms with Crippen LogP contribution in [-0.2, 0) is 36.4 Å². The van der Waals surface area contributed by atoms with Crippen LogP contribution in [0.4, 0.5) is 11.8 Å². The van der Waals surface area contributed by atoms with Crippen LogP contribution in [0.3, 0.4) is 0 Å². The molecule has 268 valence electrons. The third-order valence-electron chi connectivity index (χ3n) is 8.71. The van der Waals surface area contributed by atoms with Crippen molar-refractivity contribution >= 4 is 60.0 Å². The average Bonchev–Trinajstić information content (AvgIpc) is 3.74. The molecule has 2 aromatic heterocycles. The summed E-state index contributed by atoms with van der Waals surface area (Å²) in [6, 6.07) is 16.7. The minimum Gasteiger partial charge on any atom is -0.459 e. The number of benzene rings is 2. The number of hydrogen-bond donors (Lipinski definition) is 3. The molecule has 1 aliphatic heterocycles. The summed E-state index contributed by atoms with van der Waals surface area (Å²) in [5.74, 6) is 0.981. The van der Waals surface area contributed by atoms with Gasteiger partial charge in [-0.1, -0.05) is 67.8 Å². The lowest BCUT2D eigenvalue weighted by molar-refractivity contribution is -0.152. The topological polar surface area (TPSA) is 168 Å². The van der Waals surface area contributed by atoms with E-state index in [0.29, 0.717) is 47.0 Å². The van der Waals surface area contributed by atoms with Gasteiger partial charge in [-0.05, 0) is 49.8 Å². The molecule has 1 saturated heterocycles. The van der Waals surface area contributed by atoms with Crippen molar-refractivity contribution in [1.29, 1.82) is 0 Å². The number of nitrogens with two attached hydrogens (primary N) is 1. The first kappa shape index (κ1) is 36.4. The molecule has 50 heavy (non-hydrogen) atoms. The number of nitrogens with one attached hydrogen (secondary N) is 2. The summed E-state index contributed by atoms with van der Waals surface area (Å²) in [5.41, 5.74) is 6.85. The van der Waals surface area contributed by atoms with Gasteiger partial charge in [0, 0.05) is 23.9 Å². The van der Waals surface area contributed by atoms with Crippen LogP contribution in [0.5, 0.6) is 5.75 Å². The van der Waals surface area contributed by atoms with Gasteiger partial charge in [0.25, 0.3) is 0 Å². The number of carbonyl (C=O) groups excluding carboxylic acids is 1. The minimum atomic E-state index is -1.80. The summed E-state index contributed by atoms with van der Waals surface area (Å²) < 4.78 is 38.9. The van der Waals surface area contributed by atoms with Crippen molar-refractivity contribution in [2.24, 2.45) is 5.92 Å². The maximum atomic E-state index is 13.7. The summed E-state index contributed by atoms with van der Waals surface area (Å²) in [6.45, 7) is 2.44.